The fourth-order valence-electron chi connectivity index (χ4n) is 3.74. The smallest absolute Gasteiger partial charge is 0.0630 e. The Balaban J connectivity index is 1.85. The van der Waals surface area contributed by atoms with Gasteiger partial charge in [-0.3, -0.25) is 0 Å². The lowest BCUT2D eigenvalue weighted by molar-refractivity contribution is 1.34. The summed E-state index contributed by atoms with van der Waals surface area (Å²) in [4.78, 5) is 0. The van der Waals surface area contributed by atoms with E-state index in [9.17, 15) is 0 Å². The van der Waals surface area contributed by atoms with Crippen molar-refractivity contribution >= 4 is 33.5 Å². The molecule has 0 atom stereocenters. The van der Waals surface area contributed by atoms with Crippen LogP contribution in [0.2, 0.25) is 0 Å². The first-order chi connectivity index (χ1) is 13.5. The van der Waals surface area contributed by atoms with Crippen LogP contribution in [0.4, 0.5) is 22.7 Å². The summed E-state index contributed by atoms with van der Waals surface area (Å²) in [5.74, 6) is 0. The van der Waals surface area contributed by atoms with E-state index in [2.05, 4.69) is 111 Å². The standard InChI is InChI=1S/C26H26N2/c1-17-9-7-10-18(2)25(17)27-23-15-21-13-5-6-14-22(21)16-24(23)28-26-19(3)11-8-12-20(26)4/h5-16,27-28H,1-4H3. The van der Waals surface area contributed by atoms with Crippen LogP contribution in [0.1, 0.15) is 22.3 Å². The minimum Gasteiger partial charge on any atom is -0.353 e. The molecule has 2 N–H and O–H groups in total. The third-order valence-electron chi connectivity index (χ3n) is 5.37. The molecule has 0 aliphatic heterocycles. The third-order valence-corrected chi connectivity index (χ3v) is 5.37. The molecule has 0 fully saturated rings. The zero-order valence-corrected chi connectivity index (χ0v) is 16.9. The van der Waals surface area contributed by atoms with Crippen molar-refractivity contribution in [2.24, 2.45) is 0 Å². The molecule has 0 unspecified atom stereocenters. The van der Waals surface area contributed by atoms with E-state index in [0.717, 1.165) is 11.4 Å². The highest BCUT2D eigenvalue weighted by molar-refractivity contribution is 5.95. The fourth-order valence-corrected chi connectivity index (χ4v) is 3.74. The number of anilines is 4. The normalized spacial score (nSPS) is 10.9. The highest BCUT2D eigenvalue weighted by Crippen LogP contribution is 2.36. The van der Waals surface area contributed by atoms with E-state index in [4.69, 9.17) is 0 Å². The van der Waals surface area contributed by atoms with Gasteiger partial charge in [-0.2, -0.15) is 0 Å². The van der Waals surface area contributed by atoms with E-state index in [1.807, 2.05) is 0 Å². The molecule has 0 aromatic heterocycles. The Morgan fingerprint density at radius 1 is 0.464 bits per heavy atom. The summed E-state index contributed by atoms with van der Waals surface area (Å²) in [6.07, 6.45) is 0. The Bertz CT molecular complexity index is 1030. The Kier molecular flexibility index (Phi) is 4.79. The maximum Gasteiger partial charge on any atom is 0.0630 e. The summed E-state index contributed by atoms with van der Waals surface area (Å²) < 4.78 is 0. The minimum atomic E-state index is 1.08. The molecule has 4 aromatic carbocycles. The fraction of sp³-hybridized carbons (Fsp3) is 0.154. The highest BCUT2D eigenvalue weighted by Gasteiger charge is 2.11. The van der Waals surface area contributed by atoms with Gasteiger partial charge in [0.25, 0.3) is 0 Å². The molecule has 0 aliphatic rings. The maximum atomic E-state index is 3.70. The van der Waals surface area contributed by atoms with Crippen molar-refractivity contribution in [1.82, 2.24) is 0 Å². The summed E-state index contributed by atoms with van der Waals surface area (Å²) in [5, 5.41) is 9.85. The molecule has 0 saturated carbocycles. The number of hydrogen-bond acceptors (Lipinski definition) is 2. The molecule has 0 spiro atoms. The molecule has 2 heteroatoms. The molecule has 4 aromatic rings. The first-order valence-electron chi connectivity index (χ1n) is 9.72. The van der Waals surface area contributed by atoms with Crippen LogP contribution in [0, 0.1) is 27.7 Å². The van der Waals surface area contributed by atoms with Crippen LogP contribution in [0.3, 0.4) is 0 Å². The monoisotopic (exact) mass is 366 g/mol. The SMILES string of the molecule is Cc1cccc(C)c1Nc1cc2ccccc2cc1Nc1c(C)cccc1C. The van der Waals surface area contributed by atoms with Crippen molar-refractivity contribution in [2.75, 3.05) is 10.6 Å². The predicted molar refractivity (Wildman–Crippen MR) is 122 cm³/mol. The molecule has 28 heavy (non-hydrogen) atoms. The van der Waals surface area contributed by atoms with Crippen molar-refractivity contribution in [3.8, 4) is 0 Å². The summed E-state index contributed by atoms with van der Waals surface area (Å²) >= 11 is 0. The van der Waals surface area contributed by atoms with E-state index < -0.39 is 0 Å². The first kappa shape index (κ1) is 18.1. The summed E-state index contributed by atoms with van der Waals surface area (Å²) in [6, 6.07) is 25.8. The van der Waals surface area contributed by atoms with Crippen molar-refractivity contribution in [3.63, 3.8) is 0 Å². The number of aryl methyl sites for hydroxylation is 4. The van der Waals surface area contributed by atoms with Crippen molar-refractivity contribution in [3.05, 3.63) is 95.1 Å². The van der Waals surface area contributed by atoms with Gasteiger partial charge in [0, 0.05) is 11.4 Å². The first-order valence-corrected chi connectivity index (χ1v) is 9.72. The predicted octanol–water partition coefficient (Wildman–Crippen LogP) is 7.56. The van der Waals surface area contributed by atoms with Crippen LogP contribution in [0.15, 0.2) is 72.8 Å². The van der Waals surface area contributed by atoms with Gasteiger partial charge < -0.3 is 10.6 Å². The van der Waals surface area contributed by atoms with Gasteiger partial charge in [0.2, 0.25) is 0 Å². The van der Waals surface area contributed by atoms with E-state index in [1.54, 1.807) is 0 Å². The van der Waals surface area contributed by atoms with Gasteiger partial charge in [-0.15, -0.1) is 0 Å². The Morgan fingerprint density at radius 3 is 1.18 bits per heavy atom. The van der Waals surface area contributed by atoms with Crippen LogP contribution in [0.5, 0.6) is 0 Å². The quantitative estimate of drug-likeness (QED) is 0.389. The average Bonchev–Trinajstić information content (AvgIpc) is 2.68. The zero-order valence-electron chi connectivity index (χ0n) is 16.9. The molecule has 2 nitrogen and oxygen atoms in total. The van der Waals surface area contributed by atoms with Crippen LogP contribution in [-0.2, 0) is 0 Å². The molecular formula is C26H26N2. The number of nitrogens with one attached hydrogen (secondary N) is 2. The highest BCUT2D eigenvalue weighted by atomic mass is 15.0. The lowest BCUT2D eigenvalue weighted by Gasteiger charge is -2.20. The van der Waals surface area contributed by atoms with E-state index >= 15 is 0 Å². The molecular weight excluding hydrogens is 340 g/mol. The lowest BCUT2D eigenvalue weighted by Crippen LogP contribution is -2.02. The molecule has 0 saturated heterocycles. The largest absolute Gasteiger partial charge is 0.353 e. The van der Waals surface area contributed by atoms with Gasteiger partial charge in [-0.25, -0.2) is 0 Å². The van der Waals surface area contributed by atoms with E-state index in [-0.39, 0.29) is 0 Å². The molecule has 0 aliphatic carbocycles. The lowest BCUT2D eigenvalue weighted by atomic mass is 10.0. The maximum absolute atomic E-state index is 3.70. The molecule has 0 amide bonds. The van der Waals surface area contributed by atoms with Crippen molar-refractivity contribution in [2.45, 2.75) is 27.7 Å². The number of rotatable bonds is 4. The second-order valence-electron chi connectivity index (χ2n) is 7.53. The third kappa shape index (κ3) is 3.46. The van der Waals surface area contributed by atoms with Gasteiger partial charge >= 0.3 is 0 Å². The number of para-hydroxylation sites is 2. The summed E-state index contributed by atoms with van der Waals surface area (Å²) in [6.45, 7) is 8.59. The second-order valence-corrected chi connectivity index (χ2v) is 7.53. The van der Waals surface area contributed by atoms with Crippen LogP contribution < -0.4 is 10.6 Å². The van der Waals surface area contributed by atoms with Gasteiger partial charge in [0.15, 0.2) is 0 Å². The van der Waals surface area contributed by atoms with E-state index in [0.29, 0.717) is 0 Å². The zero-order chi connectivity index (χ0) is 19.7. The van der Waals surface area contributed by atoms with Gasteiger partial charge in [-0.05, 0) is 72.9 Å². The topological polar surface area (TPSA) is 24.1 Å². The summed E-state index contributed by atoms with van der Waals surface area (Å²) in [7, 11) is 0. The molecule has 4 rings (SSSR count). The van der Waals surface area contributed by atoms with Gasteiger partial charge in [-0.1, -0.05) is 60.7 Å². The molecule has 0 radical (unpaired) electrons. The number of benzene rings is 4. The molecule has 0 heterocycles. The average molecular weight is 367 g/mol. The van der Waals surface area contributed by atoms with Gasteiger partial charge in [0.05, 0.1) is 11.4 Å². The summed E-state index contributed by atoms with van der Waals surface area (Å²) in [5.41, 5.74) is 9.47. The van der Waals surface area contributed by atoms with Crippen LogP contribution in [0.25, 0.3) is 10.8 Å². The number of hydrogen-bond donors (Lipinski definition) is 2. The molecule has 140 valence electrons. The minimum absolute atomic E-state index is 1.08. The Labute approximate surface area is 167 Å². The Hall–Kier alpha value is -3.26. The van der Waals surface area contributed by atoms with E-state index in [1.165, 1.54) is 44.4 Å². The molecule has 0 bridgehead atoms. The second kappa shape index (κ2) is 7.40. The van der Waals surface area contributed by atoms with Crippen molar-refractivity contribution in [1.29, 1.82) is 0 Å². The van der Waals surface area contributed by atoms with Crippen LogP contribution in [-0.4, -0.2) is 0 Å². The Morgan fingerprint density at radius 2 is 0.821 bits per heavy atom. The van der Waals surface area contributed by atoms with Crippen LogP contribution >= 0.6 is 0 Å². The van der Waals surface area contributed by atoms with Gasteiger partial charge in [0.1, 0.15) is 0 Å². The number of fused-ring (bicyclic) bond motifs is 1. The van der Waals surface area contributed by atoms with Crippen molar-refractivity contribution < 1.29 is 0 Å².